The predicted octanol–water partition coefficient (Wildman–Crippen LogP) is 2.54. The Morgan fingerprint density at radius 2 is 1.51 bits per heavy atom. The van der Waals surface area contributed by atoms with Crippen molar-refractivity contribution >= 4 is 29.8 Å². The summed E-state index contributed by atoms with van der Waals surface area (Å²) in [5.41, 5.74) is -0.0883. The molecule has 2 aliphatic heterocycles. The van der Waals surface area contributed by atoms with E-state index in [1.165, 1.54) is 0 Å². The third kappa shape index (κ3) is 6.81. The van der Waals surface area contributed by atoms with Crippen LogP contribution in [0.3, 0.4) is 0 Å². The van der Waals surface area contributed by atoms with Gasteiger partial charge in [0.25, 0.3) is 5.91 Å². The average Bonchev–Trinajstić information content (AvgIpc) is 3.61. The number of ether oxygens (including phenoxy) is 3. The first-order chi connectivity index (χ1) is 20.9. The minimum absolute atomic E-state index is 0.0184. The third-order valence-electron chi connectivity index (χ3n) is 6.84. The van der Waals surface area contributed by atoms with Gasteiger partial charge in [0.15, 0.2) is 6.10 Å². The van der Waals surface area contributed by atoms with E-state index in [0.29, 0.717) is 16.2 Å². The first-order valence-electron chi connectivity index (χ1n) is 13.6. The fourth-order valence-electron chi connectivity index (χ4n) is 4.70. The number of hydroxylamine groups is 2. The second-order valence-electron chi connectivity index (χ2n) is 9.83. The van der Waals surface area contributed by atoms with Gasteiger partial charge in [-0.25, -0.2) is 9.59 Å². The number of benzene rings is 3. The van der Waals surface area contributed by atoms with Crippen molar-refractivity contribution in [1.82, 2.24) is 15.7 Å². The van der Waals surface area contributed by atoms with Crippen LogP contribution < -0.4 is 10.6 Å². The molecule has 3 aromatic carbocycles. The standard InChI is InChI=1S/C31H29N3O9/c35-25(18-32-30(39)40-19-21-10-4-1-5-11-21)33-24-20-41-34(28(24)37)31(17-16-26(36)43-31)29(38)42-27(22-12-6-2-7-13-22)23-14-8-3-9-15-23/h1-15,24,27H,16-20H2,(H,32,39)(H,33,35). The number of hydrogen-bond acceptors (Lipinski definition) is 9. The SMILES string of the molecule is O=C(CNC(=O)OCc1ccccc1)NC1CON(C2(C(=O)OC(c3ccccc3)c3ccccc3)CCC(=O)O2)C1=O. The molecule has 2 N–H and O–H groups in total. The zero-order valence-corrected chi connectivity index (χ0v) is 23.0. The van der Waals surface area contributed by atoms with Crippen LogP contribution >= 0.6 is 0 Å². The number of carbonyl (C=O) groups excluding carboxylic acids is 5. The van der Waals surface area contributed by atoms with Crippen molar-refractivity contribution in [3.8, 4) is 0 Å². The molecule has 222 valence electrons. The lowest BCUT2D eigenvalue weighted by atomic mass is 10.0. The maximum atomic E-state index is 13.8. The van der Waals surface area contributed by atoms with Crippen LogP contribution in [0.4, 0.5) is 4.79 Å². The van der Waals surface area contributed by atoms with Gasteiger partial charge in [-0.05, 0) is 16.7 Å². The highest BCUT2D eigenvalue weighted by atomic mass is 16.8. The van der Waals surface area contributed by atoms with Crippen LogP contribution in [-0.2, 0) is 44.8 Å². The molecule has 2 heterocycles. The molecule has 3 aromatic rings. The summed E-state index contributed by atoms with van der Waals surface area (Å²) in [6, 6.07) is 25.7. The van der Waals surface area contributed by atoms with Crippen molar-refractivity contribution in [3.05, 3.63) is 108 Å². The van der Waals surface area contributed by atoms with Gasteiger partial charge in [-0.15, -0.1) is 0 Å². The van der Waals surface area contributed by atoms with E-state index in [1.54, 1.807) is 72.8 Å². The molecule has 0 saturated carbocycles. The van der Waals surface area contributed by atoms with E-state index in [9.17, 15) is 24.0 Å². The first kappa shape index (κ1) is 29.3. The van der Waals surface area contributed by atoms with Gasteiger partial charge < -0.3 is 24.8 Å². The predicted molar refractivity (Wildman–Crippen MR) is 148 cm³/mol. The van der Waals surface area contributed by atoms with Gasteiger partial charge in [0.2, 0.25) is 5.91 Å². The number of nitrogens with zero attached hydrogens (tertiary/aromatic N) is 1. The van der Waals surface area contributed by atoms with Gasteiger partial charge in [-0.3, -0.25) is 19.2 Å². The van der Waals surface area contributed by atoms with Gasteiger partial charge >= 0.3 is 23.8 Å². The molecule has 0 aliphatic carbocycles. The summed E-state index contributed by atoms with van der Waals surface area (Å²) >= 11 is 0. The number of nitrogens with one attached hydrogen (secondary N) is 2. The normalized spacial score (nSPS) is 19.6. The van der Waals surface area contributed by atoms with Crippen LogP contribution in [0.25, 0.3) is 0 Å². The molecular formula is C31H29N3O9. The molecule has 2 atom stereocenters. The molecule has 12 heteroatoms. The smallest absolute Gasteiger partial charge is 0.407 e. The van der Waals surface area contributed by atoms with E-state index in [4.69, 9.17) is 19.0 Å². The zero-order chi connectivity index (χ0) is 30.2. The topological polar surface area (TPSA) is 150 Å². The Morgan fingerprint density at radius 3 is 2.09 bits per heavy atom. The van der Waals surface area contributed by atoms with Crippen molar-refractivity contribution in [3.63, 3.8) is 0 Å². The minimum atomic E-state index is -2.19. The average molecular weight is 588 g/mol. The number of rotatable bonds is 10. The quantitative estimate of drug-likeness (QED) is 0.270. The largest absolute Gasteiger partial charge is 0.448 e. The van der Waals surface area contributed by atoms with Crippen molar-refractivity contribution in [1.29, 1.82) is 0 Å². The highest BCUT2D eigenvalue weighted by Gasteiger charge is 2.60. The summed E-state index contributed by atoms with van der Waals surface area (Å²) in [5, 5.41) is 5.43. The maximum Gasteiger partial charge on any atom is 0.407 e. The van der Waals surface area contributed by atoms with E-state index in [2.05, 4.69) is 10.6 Å². The molecule has 0 bridgehead atoms. The van der Waals surface area contributed by atoms with Crippen LogP contribution in [0, 0.1) is 0 Å². The molecule has 0 radical (unpaired) electrons. The Morgan fingerprint density at radius 1 is 0.907 bits per heavy atom. The van der Waals surface area contributed by atoms with Crippen LogP contribution in [0.15, 0.2) is 91.0 Å². The molecule has 12 nitrogen and oxygen atoms in total. The zero-order valence-electron chi connectivity index (χ0n) is 23.0. The summed E-state index contributed by atoms with van der Waals surface area (Å²) in [5.74, 6) is -3.23. The second kappa shape index (κ2) is 13.2. The lowest BCUT2D eigenvalue weighted by Gasteiger charge is -2.34. The number of esters is 2. The van der Waals surface area contributed by atoms with Crippen molar-refractivity contribution in [2.24, 2.45) is 0 Å². The van der Waals surface area contributed by atoms with E-state index in [-0.39, 0.29) is 26.1 Å². The van der Waals surface area contributed by atoms with Gasteiger partial charge in [0.05, 0.1) is 6.42 Å². The number of cyclic esters (lactones) is 1. The molecule has 3 amide bonds. The number of alkyl carbamates (subject to hydrolysis) is 1. The molecule has 0 aromatic heterocycles. The molecule has 43 heavy (non-hydrogen) atoms. The Labute approximate surface area is 246 Å². The highest BCUT2D eigenvalue weighted by Crippen LogP contribution is 2.37. The Hall–Kier alpha value is -5.23. The van der Waals surface area contributed by atoms with Crippen molar-refractivity contribution < 1.29 is 43.0 Å². The Balaban J connectivity index is 1.23. The fraction of sp³-hybridized carbons (Fsp3) is 0.258. The number of amides is 3. The van der Waals surface area contributed by atoms with Crippen molar-refractivity contribution in [2.45, 2.75) is 37.3 Å². The fourth-order valence-corrected chi connectivity index (χ4v) is 4.70. The van der Waals surface area contributed by atoms with Crippen LogP contribution in [0.2, 0.25) is 0 Å². The van der Waals surface area contributed by atoms with E-state index in [1.807, 2.05) is 18.2 Å². The lowest BCUT2D eigenvalue weighted by molar-refractivity contribution is -0.260. The summed E-state index contributed by atoms with van der Waals surface area (Å²) < 4.78 is 16.4. The van der Waals surface area contributed by atoms with Gasteiger partial charge in [0.1, 0.15) is 25.8 Å². The van der Waals surface area contributed by atoms with Gasteiger partial charge in [-0.1, -0.05) is 91.0 Å². The maximum absolute atomic E-state index is 13.8. The van der Waals surface area contributed by atoms with Crippen molar-refractivity contribution in [2.75, 3.05) is 13.2 Å². The van der Waals surface area contributed by atoms with Crippen LogP contribution in [0.1, 0.15) is 35.6 Å². The van der Waals surface area contributed by atoms with E-state index < -0.39 is 54.3 Å². The van der Waals surface area contributed by atoms with Gasteiger partial charge in [-0.2, -0.15) is 5.06 Å². The monoisotopic (exact) mass is 587 g/mol. The Kier molecular flexibility index (Phi) is 8.96. The van der Waals surface area contributed by atoms with Crippen LogP contribution in [0.5, 0.6) is 0 Å². The highest BCUT2D eigenvalue weighted by molar-refractivity contribution is 5.95. The molecule has 5 rings (SSSR count). The molecule has 2 saturated heterocycles. The summed E-state index contributed by atoms with van der Waals surface area (Å²) in [6.45, 7) is -0.795. The molecule has 0 spiro atoms. The lowest BCUT2D eigenvalue weighted by Crippen LogP contribution is -2.57. The van der Waals surface area contributed by atoms with Crippen LogP contribution in [-0.4, -0.2) is 59.8 Å². The summed E-state index contributed by atoms with van der Waals surface area (Å²) in [7, 11) is 0. The number of hydrogen-bond donors (Lipinski definition) is 2. The minimum Gasteiger partial charge on any atom is -0.448 e. The molecular weight excluding hydrogens is 558 g/mol. The van der Waals surface area contributed by atoms with E-state index in [0.717, 1.165) is 5.56 Å². The van der Waals surface area contributed by atoms with E-state index >= 15 is 0 Å². The second-order valence-corrected chi connectivity index (χ2v) is 9.83. The molecule has 2 aliphatic rings. The summed E-state index contributed by atoms with van der Waals surface area (Å²) in [6.07, 6.45) is -2.05. The molecule has 2 fully saturated rings. The Bertz CT molecular complexity index is 1430. The first-order valence-corrected chi connectivity index (χ1v) is 13.6. The number of carbonyl (C=O) groups is 5. The van der Waals surface area contributed by atoms with Gasteiger partial charge in [0, 0.05) is 6.42 Å². The molecule has 2 unspecified atom stereocenters. The summed E-state index contributed by atoms with van der Waals surface area (Å²) in [4.78, 5) is 69.3. The third-order valence-corrected chi connectivity index (χ3v) is 6.84.